The van der Waals surface area contributed by atoms with Crippen molar-refractivity contribution in [1.82, 2.24) is 0 Å². The molecule has 0 saturated heterocycles. The molecule has 0 unspecified atom stereocenters. The first kappa shape index (κ1) is 47.0. The summed E-state index contributed by atoms with van der Waals surface area (Å²) >= 11 is 0. The zero-order valence-electron chi connectivity index (χ0n) is 45.5. The van der Waals surface area contributed by atoms with E-state index >= 15 is 0 Å². The predicted molar refractivity (Wildman–Crippen MR) is 326 cm³/mol. The molecule has 0 atom stereocenters. The molecule has 0 bridgehead atoms. The highest BCUT2D eigenvalue weighted by atomic mass is 15.1. The Bertz CT molecular complexity index is 4130. The Morgan fingerprint density at radius 2 is 0.740 bits per heavy atom. The van der Waals surface area contributed by atoms with Crippen LogP contribution in [0, 0.1) is 0 Å². The van der Waals surface area contributed by atoms with E-state index in [1.807, 2.05) is 0 Å². The zero-order valence-corrected chi connectivity index (χ0v) is 45.5. The lowest BCUT2D eigenvalue weighted by Gasteiger charge is -2.33. The SMILES string of the molecule is CC(C)(C)c1ccc2c(c1)C1(c3ccccc3-c3ccc(-c4ccc(N(c5ccc(-c6ccc7ccccc7c6)cc5)c5ccccc5-c5cccc6c5-c5ccccc5C6(C)C)cc4)cc31)c1cc(C(C)(C)C)ccc1-2. The Balaban J connectivity index is 0.928. The quantitative estimate of drug-likeness (QED) is 0.160. The van der Waals surface area contributed by atoms with Crippen molar-refractivity contribution in [3.05, 3.63) is 281 Å². The van der Waals surface area contributed by atoms with Crippen LogP contribution in [0.4, 0.5) is 17.1 Å². The van der Waals surface area contributed by atoms with Crippen LogP contribution in [0.1, 0.15) is 99.9 Å². The number of nitrogens with zero attached hydrogens (tertiary/aromatic N) is 1. The normalized spacial score (nSPS) is 14.2. The summed E-state index contributed by atoms with van der Waals surface area (Å²) in [5.74, 6) is 0. The molecule has 372 valence electrons. The summed E-state index contributed by atoms with van der Waals surface area (Å²) < 4.78 is 0. The molecule has 0 amide bonds. The minimum atomic E-state index is -0.470. The van der Waals surface area contributed by atoms with E-state index in [-0.39, 0.29) is 16.2 Å². The van der Waals surface area contributed by atoms with Crippen LogP contribution in [0.2, 0.25) is 0 Å². The number of hydrogen-bond donors (Lipinski definition) is 0. The Labute approximate surface area is 455 Å². The van der Waals surface area contributed by atoms with Crippen molar-refractivity contribution in [3.63, 3.8) is 0 Å². The van der Waals surface area contributed by atoms with Crippen LogP contribution in [0.25, 0.3) is 77.5 Å². The number of hydrogen-bond acceptors (Lipinski definition) is 1. The Morgan fingerprint density at radius 1 is 0.299 bits per heavy atom. The Hall–Kier alpha value is -8.52. The number of benzene rings is 11. The molecule has 0 radical (unpaired) electrons. The fourth-order valence-electron chi connectivity index (χ4n) is 13.6. The van der Waals surface area contributed by atoms with Gasteiger partial charge in [0.1, 0.15) is 0 Å². The van der Waals surface area contributed by atoms with Crippen molar-refractivity contribution < 1.29 is 0 Å². The summed E-state index contributed by atoms with van der Waals surface area (Å²) in [6, 6.07) is 90.0. The third-order valence-corrected chi connectivity index (χ3v) is 17.6. The molecule has 11 aromatic carbocycles. The van der Waals surface area contributed by atoms with Gasteiger partial charge in [0.15, 0.2) is 0 Å². The summed E-state index contributed by atoms with van der Waals surface area (Å²) in [5.41, 5.74) is 28.9. The largest absolute Gasteiger partial charge is 0.310 e. The summed E-state index contributed by atoms with van der Waals surface area (Å²) in [5, 5.41) is 2.50. The van der Waals surface area contributed by atoms with Gasteiger partial charge in [0.2, 0.25) is 0 Å². The van der Waals surface area contributed by atoms with E-state index in [4.69, 9.17) is 0 Å². The highest BCUT2D eigenvalue weighted by Gasteiger charge is 2.52. The van der Waals surface area contributed by atoms with Crippen molar-refractivity contribution in [2.24, 2.45) is 0 Å². The van der Waals surface area contributed by atoms with Crippen LogP contribution >= 0.6 is 0 Å². The Morgan fingerprint density at radius 3 is 1.36 bits per heavy atom. The molecule has 14 rings (SSSR count). The fraction of sp³-hybridized carbons (Fsp3) is 0.158. The second-order valence-electron chi connectivity index (χ2n) is 24.5. The second kappa shape index (κ2) is 17.0. The van der Waals surface area contributed by atoms with Gasteiger partial charge in [0.05, 0.1) is 11.1 Å². The number of rotatable bonds is 6. The first-order chi connectivity index (χ1) is 37.2. The average Bonchev–Trinajstić information content (AvgIpc) is 4.10. The lowest BCUT2D eigenvalue weighted by Crippen LogP contribution is -2.27. The lowest BCUT2D eigenvalue weighted by molar-refractivity contribution is 0.586. The van der Waals surface area contributed by atoms with E-state index in [9.17, 15) is 0 Å². The molecule has 1 heteroatoms. The number of para-hydroxylation sites is 1. The van der Waals surface area contributed by atoms with Crippen LogP contribution < -0.4 is 4.90 Å². The standard InChI is InChI=1S/C76H63N/c1-73(2,3)54-35-42-60-61-43-36-55(74(4,5)6)47-70(61)76(69(60)46-54)66-25-15-11-20-58(66)59-41-34-53(45-68(59)76)50-32-39-57(40-33-50)77(56-37-30-49(31-38-56)52-29-28-48-18-9-10-19-51(48)44-52)71-27-16-13-21-62(71)63-23-17-26-67-72(63)64-22-12-14-24-65(64)75(67,7)8/h9-47H,1-8H3. The van der Waals surface area contributed by atoms with Crippen molar-refractivity contribution in [1.29, 1.82) is 0 Å². The Kier molecular flexibility index (Phi) is 10.4. The molecule has 0 fully saturated rings. The van der Waals surface area contributed by atoms with E-state index in [0.717, 1.165) is 17.1 Å². The van der Waals surface area contributed by atoms with Gasteiger partial charge in [-0.05, 0) is 170 Å². The van der Waals surface area contributed by atoms with Crippen LogP contribution in [0.5, 0.6) is 0 Å². The van der Waals surface area contributed by atoms with E-state index in [0.29, 0.717) is 0 Å². The van der Waals surface area contributed by atoms with Gasteiger partial charge in [-0.15, -0.1) is 0 Å². The van der Waals surface area contributed by atoms with E-state index < -0.39 is 5.41 Å². The molecule has 1 nitrogen and oxygen atoms in total. The lowest BCUT2D eigenvalue weighted by atomic mass is 9.68. The van der Waals surface area contributed by atoms with Gasteiger partial charge in [0.25, 0.3) is 0 Å². The molecule has 11 aromatic rings. The molecule has 0 N–H and O–H groups in total. The third-order valence-electron chi connectivity index (χ3n) is 17.6. The van der Waals surface area contributed by atoms with Gasteiger partial charge in [-0.3, -0.25) is 0 Å². The third kappa shape index (κ3) is 7.13. The molecule has 1 spiro atoms. The average molecular weight is 990 g/mol. The van der Waals surface area contributed by atoms with Gasteiger partial charge in [0, 0.05) is 22.4 Å². The van der Waals surface area contributed by atoms with Crippen LogP contribution in [-0.4, -0.2) is 0 Å². The molecule has 0 aromatic heterocycles. The minimum Gasteiger partial charge on any atom is -0.310 e. The van der Waals surface area contributed by atoms with Crippen LogP contribution in [0.3, 0.4) is 0 Å². The summed E-state index contributed by atoms with van der Waals surface area (Å²) in [6.07, 6.45) is 0. The number of fused-ring (bicyclic) bond motifs is 14. The molecule has 3 aliphatic carbocycles. The maximum absolute atomic E-state index is 2.55. The van der Waals surface area contributed by atoms with Gasteiger partial charge in [-0.25, -0.2) is 0 Å². The number of anilines is 3. The molecule has 0 aliphatic heterocycles. The topological polar surface area (TPSA) is 3.24 Å². The molecule has 77 heavy (non-hydrogen) atoms. The highest BCUT2D eigenvalue weighted by Crippen LogP contribution is 2.64. The fourth-order valence-corrected chi connectivity index (χ4v) is 13.6. The molecular weight excluding hydrogens is 927 g/mol. The van der Waals surface area contributed by atoms with Gasteiger partial charge in [-0.1, -0.05) is 250 Å². The van der Waals surface area contributed by atoms with E-state index in [1.54, 1.807) is 0 Å². The first-order valence-corrected chi connectivity index (χ1v) is 27.6. The van der Waals surface area contributed by atoms with Crippen molar-refractivity contribution >= 4 is 27.8 Å². The summed E-state index contributed by atoms with van der Waals surface area (Å²) in [6.45, 7) is 18.8. The maximum Gasteiger partial charge on any atom is 0.0725 e. The van der Waals surface area contributed by atoms with Crippen molar-refractivity contribution in [2.45, 2.75) is 77.0 Å². The summed E-state index contributed by atoms with van der Waals surface area (Å²) in [4.78, 5) is 2.47. The van der Waals surface area contributed by atoms with Gasteiger partial charge >= 0.3 is 0 Å². The highest BCUT2D eigenvalue weighted by molar-refractivity contribution is 6.00. The van der Waals surface area contributed by atoms with E-state index in [1.165, 1.54) is 122 Å². The van der Waals surface area contributed by atoms with Crippen LogP contribution in [-0.2, 0) is 21.7 Å². The molecular formula is C76H63N. The molecule has 0 saturated carbocycles. The molecule has 3 aliphatic rings. The van der Waals surface area contributed by atoms with Crippen LogP contribution in [0.15, 0.2) is 237 Å². The molecule has 0 heterocycles. The van der Waals surface area contributed by atoms with Crippen molar-refractivity contribution in [3.8, 4) is 66.8 Å². The summed E-state index contributed by atoms with van der Waals surface area (Å²) in [7, 11) is 0. The smallest absolute Gasteiger partial charge is 0.0725 e. The second-order valence-corrected chi connectivity index (χ2v) is 24.5. The predicted octanol–water partition coefficient (Wildman–Crippen LogP) is 20.6. The monoisotopic (exact) mass is 989 g/mol. The van der Waals surface area contributed by atoms with Gasteiger partial charge < -0.3 is 4.90 Å². The van der Waals surface area contributed by atoms with Gasteiger partial charge in [-0.2, -0.15) is 0 Å². The zero-order chi connectivity index (χ0) is 52.6. The maximum atomic E-state index is 2.55. The first-order valence-electron chi connectivity index (χ1n) is 27.6. The minimum absolute atomic E-state index is 0.0107. The van der Waals surface area contributed by atoms with E-state index in [2.05, 4.69) is 297 Å². The van der Waals surface area contributed by atoms with Crippen molar-refractivity contribution in [2.75, 3.05) is 4.90 Å².